The topological polar surface area (TPSA) is 161 Å². The molecule has 0 amide bonds. The van der Waals surface area contributed by atoms with E-state index in [2.05, 4.69) is 19.9 Å². The van der Waals surface area contributed by atoms with Gasteiger partial charge in [-0.15, -0.1) is 0 Å². The summed E-state index contributed by atoms with van der Waals surface area (Å²) in [6, 6.07) is 0. The first-order chi connectivity index (χ1) is 9.65. The smallest absolute Gasteiger partial charge is 1.00 e. The van der Waals surface area contributed by atoms with Gasteiger partial charge in [0.15, 0.2) is 6.29 Å². The minimum atomic E-state index is -0.0414. The van der Waals surface area contributed by atoms with Crippen molar-refractivity contribution >= 4 is 26.6 Å². The Morgan fingerprint density at radius 2 is 1.41 bits per heavy atom. The fourth-order valence-corrected chi connectivity index (χ4v) is 0.855. The van der Waals surface area contributed by atoms with Gasteiger partial charge in [0.2, 0.25) is 11.9 Å². The Morgan fingerprint density at radius 1 is 1.05 bits per heavy atom. The third kappa shape index (κ3) is 11.1. The predicted octanol–water partition coefficient (Wildman–Crippen LogP) is -4.23. The van der Waals surface area contributed by atoms with Gasteiger partial charge in [0, 0.05) is 45.9 Å². The number of nitrogen functional groups attached to an aromatic ring is 2. The van der Waals surface area contributed by atoms with E-state index in [1.54, 1.807) is 0 Å². The summed E-state index contributed by atoms with van der Waals surface area (Å²) < 4.78 is 0. The number of aliphatic hydroxyl groups excluding tert-OH is 2. The predicted molar refractivity (Wildman–Crippen MR) is 79.2 cm³/mol. The van der Waals surface area contributed by atoms with Crippen LogP contribution in [0, 0.1) is 0 Å². The molecule has 0 aliphatic rings. The molecule has 9 nitrogen and oxygen atoms in total. The third-order valence-electron chi connectivity index (χ3n) is 1.74. The molecule has 0 atom stereocenters. The van der Waals surface area contributed by atoms with Gasteiger partial charge >= 0.3 is 29.6 Å². The molecule has 113 valence electrons. The van der Waals surface area contributed by atoms with E-state index in [1.165, 1.54) is 24.8 Å². The maximum Gasteiger partial charge on any atom is 1.00 e. The summed E-state index contributed by atoms with van der Waals surface area (Å²) in [5.74, 6) is 0.410. The molecule has 22 heavy (non-hydrogen) atoms. The number of anilines is 2. The molecule has 2 rings (SSSR count). The largest absolute Gasteiger partial charge is 1.00 e. The van der Waals surface area contributed by atoms with Crippen LogP contribution in [0.5, 0.6) is 0 Å². The van der Waals surface area contributed by atoms with Crippen molar-refractivity contribution < 1.29 is 46.0 Å². The SMILES string of the molecule is CO.Nc1ncc(C=O)cn1.Nc1ncc(CO)cn1.[B].[H-].[Na+]. The Balaban J connectivity index is -0.000000127. The Kier molecular flexibility index (Phi) is 18.2. The zero-order chi connectivity index (χ0) is 15.4. The van der Waals surface area contributed by atoms with Crippen molar-refractivity contribution in [1.82, 2.24) is 19.9 Å². The minimum absolute atomic E-state index is 0. The zero-order valence-electron chi connectivity index (χ0n) is 13.4. The third-order valence-corrected chi connectivity index (χ3v) is 1.74. The monoisotopic (exact) mass is 315 g/mol. The van der Waals surface area contributed by atoms with Crippen molar-refractivity contribution in [2.45, 2.75) is 6.61 Å². The second-order valence-electron chi connectivity index (χ2n) is 3.10. The molecule has 3 radical (unpaired) electrons. The molecule has 2 aromatic rings. The van der Waals surface area contributed by atoms with Crippen LogP contribution in [0.15, 0.2) is 24.8 Å². The molecule has 0 fully saturated rings. The number of nitrogens with two attached hydrogens (primary N) is 2. The Bertz CT molecular complexity index is 506. The van der Waals surface area contributed by atoms with Crippen LogP contribution < -0.4 is 41.0 Å². The van der Waals surface area contributed by atoms with Gasteiger partial charge in [-0.1, -0.05) is 0 Å². The van der Waals surface area contributed by atoms with Crippen LogP contribution in [0.3, 0.4) is 0 Å². The first kappa shape index (κ1) is 25.4. The van der Waals surface area contributed by atoms with Crippen LogP contribution in [0.2, 0.25) is 0 Å². The van der Waals surface area contributed by atoms with Crippen molar-refractivity contribution in [3.8, 4) is 0 Å². The molecule has 0 saturated carbocycles. The number of aromatic nitrogens is 4. The quantitative estimate of drug-likeness (QED) is 0.318. The summed E-state index contributed by atoms with van der Waals surface area (Å²) in [7, 11) is 1.00. The Hall–Kier alpha value is -1.59. The van der Waals surface area contributed by atoms with Gasteiger partial charge in [-0.25, -0.2) is 19.9 Å². The number of carbonyl (C=O) groups excluding carboxylic acids is 1. The van der Waals surface area contributed by atoms with Crippen LogP contribution in [0.25, 0.3) is 0 Å². The molecule has 0 unspecified atom stereocenters. The van der Waals surface area contributed by atoms with E-state index in [4.69, 9.17) is 21.7 Å². The van der Waals surface area contributed by atoms with Gasteiger partial charge in [-0.2, -0.15) is 0 Å². The fraction of sp³-hybridized carbons (Fsp3) is 0.182. The Morgan fingerprint density at radius 3 is 1.73 bits per heavy atom. The Labute approximate surface area is 153 Å². The molecule has 0 spiro atoms. The van der Waals surface area contributed by atoms with Crippen LogP contribution in [-0.2, 0) is 6.61 Å². The minimum Gasteiger partial charge on any atom is -1.00 e. The number of hydrogen-bond acceptors (Lipinski definition) is 9. The van der Waals surface area contributed by atoms with Crippen molar-refractivity contribution in [1.29, 1.82) is 0 Å². The van der Waals surface area contributed by atoms with Crippen LogP contribution in [0.1, 0.15) is 17.3 Å². The average Bonchev–Trinajstić information content (AvgIpc) is 2.51. The second kappa shape index (κ2) is 15.8. The molecular formula is C11H17BN6NaO3. The van der Waals surface area contributed by atoms with Crippen molar-refractivity contribution in [2.24, 2.45) is 0 Å². The molecule has 2 heterocycles. The summed E-state index contributed by atoms with van der Waals surface area (Å²) in [5.41, 5.74) is 11.4. The molecular weight excluding hydrogens is 298 g/mol. The van der Waals surface area contributed by atoms with Gasteiger partial charge in [-0.3, -0.25) is 4.79 Å². The molecule has 0 aromatic carbocycles. The number of rotatable bonds is 2. The summed E-state index contributed by atoms with van der Waals surface area (Å²) in [6.45, 7) is -0.0414. The molecule has 2 aromatic heterocycles. The zero-order valence-corrected chi connectivity index (χ0v) is 14.4. The van der Waals surface area contributed by atoms with E-state index in [9.17, 15) is 4.79 Å². The van der Waals surface area contributed by atoms with E-state index in [0.717, 1.165) is 7.11 Å². The van der Waals surface area contributed by atoms with E-state index in [-0.39, 0.29) is 57.9 Å². The number of carbonyl (C=O) groups is 1. The maximum atomic E-state index is 10.00. The number of nitrogens with zero attached hydrogens (tertiary/aromatic N) is 4. The van der Waals surface area contributed by atoms with Gasteiger partial charge in [-0.05, 0) is 0 Å². The number of aliphatic hydroxyl groups is 2. The van der Waals surface area contributed by atoms with E-state index < -0.39 is 0 Å². The van der Waals surface area contributed by atoms with Crippen LogP contribution in [0.4, 0.5) is 11.9 Å². The summed E-state index contributed by atoms with van der Waals surface area (Å²) >= 11 is 0. The maximum absolute atomic E-state index is 10.00. The van der Waals surface area contributed by atoms with Gasteiger partial charge in [0.1, 0.15) is 0 Å². The van der Waals surface area contributed by atoms with Crippen molar-refractivity contribution in [2.75, 3.05) is 18.6 Å². The standard InChI is InChI=1S/C5H7N3O.C5H5N3O.CH4O.B.Na.H/c2*6-5-7-1-4(3-9)2-8-5;1-2;;;/h1-2,9H,3H2,(H2,6,7,8);1-3H,(H2,6,7,8);2H,1H3;;;/q;;;;+1;-1. The fourth-order valence-electron chi connectivity index (χ4n) is 0.855. The summed E-state index contributed by atoms with van der Waals surface area (Å²) in [4.78, 5) is 24.5. The first-order valence-electron chi connectivity index (χ1n) is 5.30. The summed E-state index contributed by atoms with van der Waals surface area (Å²) in [5, 5.41) is 15.5. The molecule has 0 aliphatic heterocycles. The molecule has 0 aliphatic carbocycles. The van der Waals surface area contributed by atoms with Gasteiger partial charge < -0.3 is 23.1 Å². The van der Waals surface area contributed by atoms with Crippen molar-refractivity contribution in [3.05, 3.63) is 35.9 Å². The molecule has 11 heteroatoms. The molecule has 0 saturated heterocycles. The van der Waals surface area contributed by atoms with Crippen LogP contribution >= 0.6 is 0 Å². The first-order valence-corrected chi connectivity index (χ1v) is 5.30. The normalized spacial score (nSPS) is 7.77. The second-order valence-corrected chi connectivity index (χ2v) is 3.10. The van der Waals surface area contributed by atoms with Crippen LogP contribution in [-0.4, -0.2) is 52.0 Å². The van der Waals surface area contributed by atoms with Crippen molar-refractivity contribution in [3.63, 3.8) is 0 Å². The number of hydrogen-bond donors (Lipinski definition) is 4. The van der Waals surface area contributed by atoms with E-state index in [0.29, 0.717) is 17.4 Å². The van der Waals surface area contributed by atoms with E-state index in [1.807, 2.05) is 0 Å². The molecule has 6 N–H and O–H groups in total. The number of aldehydes is 1. The average molecular weight is 315 g/mol. The molecule has 0 bridgehead atoms. The van der Waals surface area contributed by atoms with E-state index >= 15 is 0 Å². The van der Waals surface area contributed by atoms with Gasteiger partial charge in [0.05, 0.1) is 12.2 Å². The van der Waals surface area contributed by atoms with Gasteiger partial charge in [0.25, 0.3) is 0 Å². The summed E-state index contributed by atoms with van der Waals surface area (Å²) in [6.07, 6.45) is 6.38.